The molecular formula is C7H16BrNO2. The van der Waals surface area contributed by atoms with Crippen molar-refractivity contribution >= 4 is 15.9 Å². The van der Waals surface area contributed by atoms with Crippen LogP contribution in [0.15, 0.2) is 0 Å². The maximum Gasteiger partial charge on any atom is 0.0763 e. The SMILES string of the molecule is CCN(CCO)CC(O)CBr. The van der Waals surface area contributed by atoms with Crippen molar-refractivity contribution in [1.29, 1.82) is 0 Å². The molecule has 0 rings (SSSR count). The smallest absolute Gasteiger partial charge is 0.0763 e. The van der Waals surface area contributed by atoms with Gasteiger partial charge in [0.1, 0.15) is 0 Å². The maximum absolute atomic E-state index is 9.22. The number of nitrogens with zero attached hydrogens (tertiary/aromatic N) is 1. The van der Waals surface area contributed by atoms with E-state index in [9.17, 15) is 5.11 Å². The lowest BCUT2D eigenvalue weighted by molar-refractivity contribution is 0.118. The minimum atomic E-state index is -0.332. The zero-order chi connectivity index (χ0) is 8.69. The van der Waals surface area contributed by atoms with Crippen LogP contribution in [0.3, 0.4) is 0 Å². The molecule has 0 aliphatic carbocycles. The van der Waals surface area contributed by atoms with Gasteiger partial charge in [-0.3, -0.25) is 4.90 Å². The van der Waals surface area contributed by atoms with Gasteiger partial charge in [-0.15, -0.1) is 0 Å². The van der Waals surface area contributed by atoms with Gasteiger partial charge in [-0.25, -0.2) is 0 Å². The van der Waals surface area contributed by atoms with Crippen molar-refractivity contribution in [2.24, 2.45) is 0 Å². The molecule has 0 heterocycles. The second kappa shape index (κ2) is 7.03. The van der Waals surface area contributed by atoms with Crippen LogP contribution in [0.25, 0.3) is 0 Å². The van der Waals surface area contributed by atoms with Gasteiger partial charge in [0.2, 0.25) is 0 Å². The van der Waals surface area contributed by atoms with Crippen LogP contribution in [0.1, 0.15) is 6.92 Å². The van der Waals surface area contributed by atoms with Crippen molar-refractivity contribution in [2.45, 2.75) is 13.0 Å². The minimum Gasteiger partial charge on any atom is -0.395 e. The van der Waals surface area contributed by atoms with Crippen LogP contribution in [-0.2, 0) is 0 Å². The van der Waals surface area contributed by atoms with E-state index in [1.54, 1.807) is 0 Å². The molecule has 1 atom stereocenters. The molecule has 4 heteroatoms. The Morgan fingerprint density at radius 3 is 2.55 bits per heavy atom. The van der Waals surface area contributed by atoms with Gasteiger partial charge in [-0.2, -0.15) is 0 Å². The topological polar surface area (TPSA) is 43.7 Å². The molecule has 0 aliphatic rings. The number of likely N-dealkylation sites (N-methyl/N-ethyl adjacent to an activating group) is 1. The van der Waals surface area contributed by atoms with E-state index in [4.69, 9.17) is 5.11 Å². The molecule has 0 aromatic heterocycles. The molecule has 0 fully saturated rings. The molecule has 0 bridgehead atoms. The van der Waals surface area contributed by atoms with Crippen molar-refractivity contribution in [2.75, 3.05) is 31.6 Å². The van der Waals surface area contributed by atoms with E-state index in [1.165, 1.54) is 0 Å². The highest BCUT2D eigenvalue weighted by molar-refractivity contribution is 9.09. The Labute approximate surface area is 76.1 Å². The molecule has 68 valence electrons. The van der Waals surface area contributed by atoms with E-state index in [1.807, 2.05) is 11.8 Å². The second-order valence-corrected chi connectivity index (χ2v) is 3.07. The van der Waals surface area contributed by atoms with Crippen molar-refractivity contribution < 1.29 is 10.2 Å². The van der Waals surface area contributed by atoms with E-state index in [0.717, 1.165) is 6.54 Å². The maximum atomic E-state index is 9.22. The fourth-order valence-corrected chi connectivity index (χ4v) is 1.07. The third kappa shape index (κ3) is 5.61. The van der Waals surface area contributed by atoms with Crippen molar-refractivity contribution in [3.05, 3.63) is 0 Å². The lowest BCUT2D eigenvalue weighted by Gasteiger charge is -2.21. The highest BCUT2D eigenvalue weighted by atomic mass is 79.9. The Balaban J connectivity index is 3.49. The number of rotatable bonds is 6. The largest absolute Gasteiger partial charge is 0.395 e. The lowest BCUT2D eigenvalue weighted by atomic mass is 10.3. The molecule has 0 spiro atoms. The molecule has 0 aromatic carbocycles. The Hall–Kier alpha value is 0.360. The van der Waals surface area contributed by atoms with Crippen molar-refractivity contribution in [1.82, 2.24) is 4.90 Å². The molecule has 0 radical (unpaired) electrons. The van der Waals surface area contributed by atoms with E-state index in [-0.39, 0.29) is 12.7 Å². The van der Waals surface area contributed by atoms with Crippen LogP contribution in [0, 0.1) is 0 Å². The van der Waals surface area contributed by atoms with Crippen LogP contribution in [0.2, 0.25) is 0 Å². The first kappa shape index (κ1) is 11.4. The Morgan fingerprint density at radius 2 is 2.18 bits per heavy atom. The van der Waals surface area contributed by atoms with Gasteiger partial charge in [0, 0.05) is 18.4 Å². The monoisotopic (exact) mass is 225 g/mol. The van der Waals surface area contributed by atoms with E-state index < -0.39 is 0 Å². The first-order chi connectivity index (χ1) is 5.24. The van der Waals surface area contributed by atoms with E-state index in [0.29, 0.717) is 18.4 Å². The zero-order valence-electron chi connectivity index (χ0n) is 6.83. The molecular weight excluding hydrogens is 210 g/mol. The fourth-order valence-electron chi connectivity index (χ4n) is 0.867. The fraction of sp³-hybridized carbons (Fsp3) is 1.00. The number of hydrogen-bond acceptors (Lipinski definition) is 3. The first-order valence-electron chi connectivity index (χ1n) is 3.81. The van der Waals surface area contributed by atoms with Crippen LogP contribution >= 0.6 is 15.9 Å². The summed E-state index contributed by atoms with van der Waals surface area (Å²) >= 11 is 3.18. The normalized spacial score (nSPS) is 13.9. The molecule has 0 amide bonds. The third-order valence-corrected chi connectivity index (χ3v) is 2.26. The highest BCUT2D eigenvalue weighted by Gasteiger charge is 2.07. The summed E-state index contributed by atoms with van der Waals surface area (Å²) in [7, 11) is 0. The number of aliphatic hydroxyl groups excluding tert-OH is 2. The van der Waals surface area contributed by atoms with Crippen LogP contribution in [0.4, 0.5) is 0 Å². The third-order valence-electron chi connectivity index (χ3n) is 1.51. The summed E-state index contributed by atoms with van der Waals surface area (Å²) in [5.74, 6) is 0. The molecule has 3 nitrogen and oxygen atoms in total. The van der Waals surface area contributed by atoms with Gasteiger partial charge in [-0.1, -0.05) is 22.9 Å². The van der Waals surface area contributed by atoms with Gasteiger partial charge in [0.05, 0.1) is 12.7 Å². The summed E-state index contributed by atoms with van der Waals surface area (Å²) in [6, 6.07) is 0. The number of aliphatic hydroxyl groups is 2. The molecule has 1 unspecified atom stereocenters. The summed E-state index contributed by atoms with van der Waals surface area (Å²) in [5, 5.41) is 18.4. The van der Waals surface area contributed by atoms with Gasteiger partial charge < -0.3 is 10.2 Å². The van der Waals surface area contributed by atoms with Crippen LogP contribution in [0.5, 0.6) is 0 Å². The molecule has 0 aromatic rings. The second-order valence-electron chi connectivity index (χ2n) is 2.42. The van der Waals surface area contributed by atoms with E-state index in [2.05, 4.69) is 15.9 Å². The molecule has 0 saturated carbocycles. The van der Waals surface area contributed by atoms with Gasteiger partial charge >= 0.3 is 0 Å². The number of alkyl halides is 1. The summed E-state index contributed by atoms with van der Waals surface area (Å²) in [6.45, 7) is 4.30. The molecule has 0 saturated heterocycles. The predicted molar refractivity (Wildman–Crippen MR) is 49.0 cm³/mol. The van der Waals surface area contributed by atoms with Crippen molar-refractivity contribution in [3.8, 4) is 0 Å². The number of halogens is 1. The Kier molecular flexibility index (Phi) is 7.26. The Bertz CT molecular complexity index is 92.5. The number of hydrogen-bond donors (Lipinski definition) is 2. The van der Waals surface area contributed by atoms with Gasteiger partial charge in [0.15, 0.2) is 0 Å². The molecule has 0 aliphatic heterocycles. The lowest BCUT2D eigenvalue weighted by Crippen LogP contribution is -2.35. The molecule has 2 N–H and O–H groups in total. The zero-order valence-corrected chi connectivity index (χ0v) is 8.42. The van der Waals surface area contributed by atoms with E-state index >= 15 is 0 Å². The predicted octanol–water partition coefficient (Wildman–Crippen LogP) is 0.0564. The molecule has 11 heavy (non-hydrogen) atoms. The summed E-state index contributed by atoms with van der Waals surface area (Å²) in [6.07, 6.45) is -0.332. The first-order valence-corrected chi connectivity index (χ1v) is 4.94. The summed E-state index contributed by atoms with van der Waals surface area (Å²) in [5.41, 5.74) is 0. The standard InChI is InChI=1S/C7H16BrNO2/c1-2-9(3-4-10)6-7(11)5-8/h7,10-11H,2-6H2,1H3. The summed E-state index contributed by atoms with van der Waals surface area (Å²) in [4.78, 5) is 2.01. The van der Waals surface area contributed by atoms with Crippen molar-refractivity contribution in [3.63, 3.8) is 0 Å². The average molecular weight is 226 g/mol. The summed E-state index contributed by atoms with van der Waals surface area (Å²) < 4.78 is 0. The van der Waals surface area contributed by atoms with Gasteiger partial charge in [0.25, 0.3) is 0 Å². The van der Waals surface area contributed by atoms with Crippen LogP contribution < -0.4 is 0 Å². The van der Waals surface area contributed by atoms with Crippen LogP contribution in [-0.4, -0.2) is 52.8 Å². The van der Waals surface area contributed by atoms with Gasteiger partial charge in [-0.05, 0) is 6.54 Å². The quantitative estimate of drug-likeness (QED) is 0.629. The average Bonchev–Trinajstić information content (AvgIpc) is 2.03. The minimum absolute atomic E-state index is 0.156. The Morgan fingerprint density at radius 1 is 1.55 bits per heavy atom. The highest BCUT2D eigenvalue weighted by Crippen LogP contribution is 1.95.